The molecule has 0 saturated heterocycles. The van der Waals surface area contributed by atoms with Gasteiger partial charge in [-0.3, -0.25) is 0 Å². The normalized spacial score (nSPS) is 26.9. The minimum atomic E-state index is 0.871. The van der Waals surface area contributed by atoms with E-state index in [9.17, 15) is 0 Å². The second-order valence-electron chi connectivity index (χ2n) is 4.38. The molecule has 2 heteroatoms. The smallest absolute Gasteiger partial charge is 0.117 e. The van der Waals surface area contributed by atoms with E-state index in [4.69, 9.17) is 4.42 Å². The van der Waals surface area contributed by atoms with E-state index >= 15 is 0 Å². The Morgan fingerprint density at radius 1 is 1.50 bits per heavy atom. The van der Waals surface area contributed by atoms with Crippen LogP contribution in [0.4, 0.5) is 0 Å². The fourth-order valence-corrected chi connectivity index (χ4v) is 2.32. The summed E-state index contributed by atoms with van der Waals surface area (Å²) in [4.78, 5) is 0. The molecule has 1 fully saturated rings. The third-order valence-electron chi connectivity index (χ3n) is 3.32. The first kappa shape index (κ1) is 9.78. The molecule has 2 nitrogen and oxygen atoms in total. The molecule has 14 heavy (non-hydrogen) atoms. The van der Waals surface area contributed by atoms with Gasteiger partial charge in [-0.15, -0.1) is 0 Å². The average Bonchev–Trinajstić information content (AvgIpc) is 2.78. The highest BCUT2D eigenvalue weighted by Gasteiger charge is 2.22. The highest BCUT2D eigenvalue weighted by Crippen LogP contribution is 2.30. The van der Waals surface area contributed by atoms with E-state index in [1.54, 1.807) is 6.26 Å². The molecule has 78 valence electrons. The van der Waals surface area contributed by atoms with Gasteiger partial charge in [-0.1, -0.05) is 19.8 Å². The van der Waals surface area contributed by atoms with Gasteiger partial charge in [0.25, 0.3) is 0 Å². The minimum absolute atomic E-state index is 0.871. The molecule has 1 saturated carbocycles. The molecule has 0 spiro atoms. The van der Waals surface area contributed by atoms with Crippen molar-refractivity contribution in [2.24, 2.45) is 11.8 Å². The van der Waals surface area contributed by atoms with Gasteiger partial charge in [0.15, 0.2) is 0 Å². The summed E-state index contributed by atoms with van der Waals surface area (Å²) >= 11 is 0. The molecular weight excluding hydrogens is 174 g/mol. The van der Waals surface area contributed by atoms with Crippen LogP contribution in [-0.2, 0) is 6.54 Å². The number of furan rings is 1. The maximum absolute atomic E-state index is 5.26. The van der Waals surface area contributed by atoms with Crippen LogP contribution in [0.1, 0.15) is 31.9 Å². The number of rotatable bonds is 4. The van der Waals surface area contributed by atoms with Crippen molar-refractivity contribution in [1.29, 1.82) is 0 Å². The summed E-state index contributed by atoms with van der Waals surface area (Å²) in [5.41, 5.74) is 0. The molecule has 0 bridgehead atoms. The molecule has 2 unspecified atom stereocenters. The van der Waals surface area contributed by atoms with Crippen molar-refractivity contribution < 1.29 is 4.42 Å². The van der Waals surface area contributed by atoms with E-state index in [1.165, 1.54) is 19.3 Å². The van der Waals surface area contributed by atoms with Crippen molar-refractivity contribution in [3.05, 3.63) is 24.2 Å². The van der Waals surface area contributed by atoms with Crippen LogP contribution in [0, 0.1) is 11.8 Å². The molecule has 0 aliphatic heterocycles. The largest absolute Gasteiger partial charge is 0.468 e. The van der Waals surface area contributed by atoms with Gasteiger partial charge in [0.05, 0.1) is 12.8 Å². The lowest BCUT2D eigenvalue weighted by molar-refractivity contribution is 0.380. The quantitative estimate of drug-likeness (QED) is 0.795. The molecule has 1 heterocycles. The summed E-state index contributed by atoms with van der Waals surface area (Å²) in [6.45, 7) is 4.38. The highest BCUT2D eigenvalue weighted by molar-refractivity contribution is 4.97. The fraction of sp³-hybridized carbons (Fsp3) is 0.667. The number of hydrogen-bond acceptors (Lipinski definition) is 2. The van der Waals surface area contributed by atoms with Gasteiger partial charge in [-0.2, -0.15) is 0 Å². The zero-order valence-electron chi connectivity index (χ0n) is 8.83. The molecule has 2 atom stereocenters. The monoisotopic (exact) mass is 193 g/mol. The summed E-state index contributed by atoms with van der Waals surface area (Å²) in [6.07, 6.45) is 5.95. The summed E-state index contributed by atoms with van der Waals surface area (Å²) in [7, 11) is 0. The van der Waals surface area contributed by atoms with Gasteiger partial charge >= 0.3 is 0 Å². The second-order valence-corrected chi connectivity index (χ2v) is 4.38. The van der Waals surface area contributed by atoms with Gasteiger partial charge in [0.1, 0.15) is 5.76 Å². The SMILES string of the molecule is CC1CCCC1CNCc1ccco1. The maximum atomic E-state index is 5.26. The van der Waals surface area contributed by atoms with E-state index in [-0.39, 0.29) is 0 Å². The lowest BCUT2D eigenvalue weighted by Crippen LogP contribution is -2.23. The van der Waals surface area contributed by atoms with Gasteiger partial charge in [0.2, 0.25) is 0 Å². The first-order valence-corrected chi connectivity index (χ1v) is 5.59. The second kappa shape index (κ2) is 4.65. The molecule has 1 aliphatic rings. The third kappa shape index (κ3) is 2.38. The maximum Gasteiger partial charge on any atom is 0.117 e. The predicted octanol–water partition coefficient (Wildman–Crippen LogP) is 2.81. The number of hydrogen-bond donors (Lipinski definition) is 1. The lowest BCUT2D eigenvalue weighted by atomic mass is 9.98. The van der Waals surface area contributed by atoms with E-state index < -0.39 is 0 Å². The Labute approximate surface area is 85.7 Å². The van der Waals surface area contributed by atoms with Gasteiger partial charge in [-0.25, -0.2) is 0 Å². The van der Waals surface area contributed by atoms with Crippen molar-refractivity contribution in [3.8, 4) is 0 Å². The van der Waals surface area contributed by atoms with Gasteiger partial charge in [-0.05, 0) is 36.9 Å². The molecule has 0 amide bonds. The molecule has 1 aromatic heterocycles. The van der Waals surface area contributed by atoms with Crippen LogP contribution in [0.3, 0.4) is 0 Å². The Bertz CT molecular complexity index is 255. The van der Waals surface area contributed by atoms with Crippen LogP contribution >= 0.6 is 0 Å². The van der Waals surface area contributed by atoms with Crippen molar-refractivity contribution in [3.63, 3.8) is 0 Å². The first-order chi connectivity index (χ1) is 6.86. The molecule has 1 aliphatic carbocycles. The molecule has 0 radical (unpaired) electrons. The summed E-state index contributed by atoms with van der Waals surface area (Å²) in [5, 5.41) is 3.47. The van der Waals surface area contributed by atoms with Crippen LogP contribution in [0.15, 0.2) is 22.8 Å². The van der Waals surface area contributed by atoms with E-state index in [2.05, 4.69) is 12.2 Å². The van der Waals surface area contributed by atoms with E-state index in [1.807, 2.05) is 12.1 Å². The Morgan fingerprint density at radius 2 is 2.43 bits per heavy atom. The fourth-order valence-electron chi connectivity index (χ4n) is 2.32. The predicted molar refractivity (Wildman–Crippen MR) is 56.9 cm³/mol. The Morgan fingerprint density at radius 3 is 3.07 bits per heavy atom. The topological polar surface area (TPSA) is 25.2 Å². The van der Waals surface area contributed by atoms with Gasteiger partial charge in [0, 0.05) is 0 Å². The molecule has 1 N–H and O–H groups in total. The third-order valence-corrected chi connectivity index (χ3v) is 3.32. The van der Waals surface area contributed by atoms with Crippen molar-refractivity contribution in [2.45, 2.75) is 32.7 Å². The van der Waals surface area contributed by atoms with Gasteiger partial charge < -0.3 is 9.73 Å². The van der Waals surface area contributed by atoms with Crippen molar-refractivity contribution in [1.82, 2.24) is 5.32 Å². The number of nitrogens with one attached hydrogen (secondary N) is 1. The van der Waals surface area contributed by atoms with Crippen LogP contribution in [-0.4, -0.2) is 6.54 Å². The molecule has 2 rings (SSSR count). The molecule has 0 aromatic carbocycles. The average molecular weight is 193 g/mol. The van der Waals surface area contributed by atoms with Crippen LogP contribution in [0.25, 0.3) is 0 Å². The zero-order chi connectivity index (χ0) is 9.80. The zero-order valence-corrected chi connectivity index (χ0v) is 8.83. The minimum Gasteiger partial charge on any atom is -0.468 e. The standard InChI is InChI=1S/C12H19NO/c1-10-4-2-5-11(10)8-13-9-12-6-3-7-14-12/h3,6-7,10-11,13H,2,4-5,8-9H2,1H3. The summed E-state index contributed by atoms with van der Waals surface area (Å²) in [6, 6.07) is 3.96. The Hall–Kier alpha value is -0.760. The van der Waals surface area contributed by atoms with Crippen molar-refractivity contribution in [2.75, 3.05) is 6.54 Å². The first-order valence-electron chi connectivity index (χ1n) is 5.59. The van der Waals surface area contributed by atoms with E-state index in [0.29, 0.717) is 0 Å². The van der Waals surface area contributed by atoms with Crippen LogP contribution < -0.4 is 5.32 Å². The summed E-state index contributed by atoms with van der Waals surface area (Å²) < 4.78 is 5.26. The Balaban J connectivity index is 1.68. The van der Waals surface area contributed by atoms with Crippen LogP contribution in [0.5, 0.6) is 0 Å². The summed E-state index contributed by atoms with van der Waals surface area (Å²) in [5.74, 6) is 2.82. The van der Waals surface area contributed by atoms with E-state index in [0.717, 1.165) is 30.7 Å². The lowest BCUT2D eigenvalue weighted by Gasteiger charge is -2.15. The molecular formula is C12H19NO. The van der Waals surface area contributed by atoms with Crippen LogP contribution in [0.2, 0.25) is 0 Å². The molecule has 1 aromatic rings. The highest BCUT2D eigenvalue weighted by atomic mass is 16.3. The van der Waals surface area contributed by atoms with Crippen molar-refractivity contribution >= 4 is 0 Å². The Kier molecular flexibility index (Phi) is 3.25.